The van der Waals surface area contributed by atoms with E-state index >= 15 is 0 Å². The predicted molar refractivity (Wildman–Crippen MR) is 81.8 cm³/mol. The zero-order valence-corrected chi connectivity index (χ0v) is 12.9. The third-order valence-corrected chi connectivity index (χ3v) is 7.10. The van der Waals surface area contributed by atoms with Crippen molar-refractivity contribution in [2.45, 2.75) is 69.4 Å². The van der Waals surface area contributed by atoms with Gasteiger partial charge in [0.2, 0.25) is 0 Å². The maximum Gasteiger partial charge on any atom is 0.107 e. The van der Waals surface area contributed by atoms with Crippen molar-refractivity contribution in [2.75, 3.05) is 0 Å². The maximum absolute atomic E-state index is 5.06. The van der Waals surface area contributed by atoms with Gasteiger partial charge in [-0.25, -0.2) is 4.98 Å². The van der Waals surface area contributed by atoms with Crippen LogP contribution in [-0.2, 0) is 12.0 Å². The minimum Gasteiger partial charge on any atom is -0.308 e. The Labute approximate surface area is 125 Å². The molecular weight excluding hydrogens is 264 g/mol. The molecule has 5 saturated carbocycles. The number of hydrogen-bond acceptors (Lipinski definition) is 3. The van der Waals surface area contributed by atoms with E-state index in [9.17, 15) is 0 Å². The zero-order chi connectivity index (χ0) is 13.2. The van der Waals surface area contributed by atoms with E-state index in [0.29, 0.717) is 5.41 Å². The van der Waals surface area contributed by atoms with E-state index in [2.05, 4.69) is 10.7 Å². The molecular formula is C17H24N2S. The number of aromatic nitrogens is 1. The van der Waals surface area contributed by atoms with Crippen LogP contribution in [0.3, 0.4) is 0 Å². The molecule has 20 heavy (non-hydrogen) atoms. The van der Waals surface area contributed by atoms with E-state index in [1.807, 2.05) is 11.3 Å². The standard InChI is InChI=1S/C17H24N2S/c1-2-14(1)18-9-16-19-15(10-20-16)17-6-11-3-12(7-17)5-13(4-11)8-17/h10-14,18H,1-9H2. The highest BCUT2D eigenvalue weighted by molar-refractivity contribution is 7.09. The first-order chi connectivity index (χ1) is 9.79. The summed E-state index contributed by atoms with van der Waals surface area (Å²) in [5.74, 6) is 3.07. The second-order valence-corrected chi connectivity index (χ2v) is 8.92. The van der Waals surface area contributed by atoms with E-state index in [-0.39, 0.29) is 0 Å². The van der Waals surface area contributed by atoms with Crippen molar-refractivity contribution in [3.05, 3.63) is 16.1 Å². The summed E-state index contributed by atoms with van der Waals surface area (Å²) in [7, 11) is 0. The maximum atomic E-state index is 5.06. The van der Waals surface area contributed by atoms with Crippen LogP contribution in [0.2, 0.25) is 0 Å². The lowest BCUT2D eigenvalue weighted by atomic mass is 9.49. The fourth-order valence-corrected chi connectivity index (χ4v) is 6.45. The summed E-state index contributed by atoms with van der Waals surface area (Å²) in [6.07, 6.45) is 11.6. The Morgan fingerprint density at radius 2 is 1.75 bits per heavy atom. The van der Waals surface area contributed by atoms with Crippen LogP contribution >= 0.6 is 11.3 Å². The molecule has 5 fully saturated rings. The summed E-state index contributed by atoms with van der Waals surface area (Å²) in [4.78, 5) is 5.06. The molecule has 0 aromatic carbocycles. The summed E-state index contributed by atoms with van der Waals surface area (Å²) in [6.45, 7) is 1.00. The van der Waals surface area contributed by atoms with Gasteiger partial charge in [0.15, 0.2) is 0 Å². The Morgan fingerprint density at radius 1 is 1.10 bits per heavy atom. The SMILES string of the molecule is c1sc(CNC2CC2)nc1C12CC3CC(CC(C3)C1)C2. The number of nitrogens with zero attached hydrogens (tertiary/aromatic N) is 1. The first kappa shape index (κ1) is 12.2. The molecule has 0 unspecified atom stereocenters. The smallest absolute Gasteiger partial charge is 0.107 e. The van der Waals surface area contributed by atoms with Crippen molar-refractivity contribution in [1.82, 2.24) is 10.3 Å². The molecule has 0 aliphatic heterocycles. The highest BCUT2D eigenvalue weighted by Gasteiger charge is 2.52. The minimum atomic E-state index is 0.489. The van der Waals surface area contributed by atoms with Gasteiger partial charge >= 0.3 is 0 Å². The van der Waals surface area contributed by atoms with Crippen LogP contribution in [0.5, 0.6) is 0 Å². The molecule has 1 aromatic rings. The molecule has 6 rings (SSSR count). The lowest BCUT2D eigenvalue weighted by Crippen LogP contribution is -2.48. The van der Waals surface area contributed by atoms with Crippen molar-refractivity contribution in [1.29, 1.82) is 0 Å². The Hall–Kier alpha value is -0.410. The third-order valence-electron chi connectivity index (χ3n) is 6.25. The van der Waals surface area contributed by atoms with Crippen LogP contribution in [0.25, 0.3) is 0 Å². The van der Waals surface area contributed by atoms with Crippen LogP contribution in [0.4, 0.5) is 0 Å². The van der Waals surface area contributed by atoms with Gasteiger partial charge in [-0.15, -0.1) is 11.3 Å². The van der Waals surface area contributed by atoms with Gasteiger partial charge in [0.05, 0.1) is 5.69 Å². The molecule has 0 atom stereocenters. The normalized spacial score (nSPS) is 42.3. The van der Waals surface area contributed by atoms with E-state index < -0.39 is 0 Å². The van der Waals surface area contributed by atoms with Gasteiger partial charge in [-0.3, -0.25) is 0 Å². The lowest BCUT2D eigenvalue weighted by Gasteiger charge is -2.56. The quantitative estimate of drug-likeness (QED) is 0.910. The summed E-state index contributed by atoms with van der Waals surface area (Å²) in [6, 6.07) is 0.793. The second kappa shape index (κ2) is 4.30. The minimum absolute atomic E-state index is 0.489. The van der Waals surface area contributed by atoms with Gasteiger partial charge in [-0.05, 0) is 69.1 Å². The van der Waals surface area contributed by atoms with Crippen LogP contribution < -0.4 is 5.32 Å². The molecule has 0 radical (unpaired) electrons. The average Bonchev–Trinajstić information content (AvgIpc) is 3.11. The summed E-state index contributed by atoms with van der Waals surface area (Å²) >= 11 is 1.89. The van der Waals surface area contributed by atoms with Crippen molar-refractivity contribution < 1.29 is 0 Å². The number of nitrogens with one attached hydrogen (secondary N) is 1. The van der Waals surface area contributed by atoms with Crippen LogP contribution in [0.15, 0.2) is 5.38 Å². The van der Waals surface area contributed by atoms with Gasteiger partial charge < -0.3 is 5.32 Å². The summed E-state index contributed by atoms with van der Waals surface area (Å²) in [5.41, 5.74) is 1.96. The largest absolute Gasteiger partial charge is 0.308 e. The first-order valence-electron chi connectivity index (χ1n) is 8.47. The lowest BCUT2D eigenvalue weighted by molar-refractivity contribution is -0.00698. The third kappa shape index (κ3) is 1.97. The zero-order valence-electron chi connectivity index (χ0n) is 12.1. The van der Waals surface area contributed by atoms with Gasteiger partial charge in [-0.2, -0.15) is 0 Å². The molecule has 5 aliphatic carbocycles. The summed E-state index contributed by atoms with van der Waals surface area (Å²) in [5, 5.41) is 7.33. The topological polar surface area (TPSA) is 24.9 Å². The molecule has 1 aromatic heterocycles. The van der Waals surface area contributed by atoms with E-state index in [4.69, 9.17) is 4.98 Å². The molecule has 1 heterocycles. The molecule has 5 aliphatic rings. The molecule has 3 heteroatoms. The highest BCUT2D eigenvalue weighted by atomic mass is 32.1. The van der Waals surface area contributed by atoms with Crippen molar-refractivity contribution >= 4 is 11.3 Å². The van der Waals surface area contributed by atoms with Crippen LogP contribution in [0.1, 0.15) is 62.1 Å². The average molecular weight is 288 g/mol. The van der Waals surface area contributed by atoms with Crippen LogP contribution in [0, 0.1) is 17.8 Å². The van der Waals surface area contributed by atoms with Gasteiger partial charge in [0.1, 0.15) is 5.01 Å². The molecule has 108 valence electrons. The van der Waals surface area contributed by atoms with Crippen LogP contribution in [-0.4, -0.2) is 11.0 Å². The Balaban J connectivity index is 1.38. The van der Waals surface area contributed by atoms with Gasteiger partial charge in [0.25, 0.3) is 0 Å². The van der Waals surface area contributed by atoms with E-state index in [1.165, 1.54) is 62.1 Å². The second-order valence-electron chi connectivity index (χ2n) is 7.98. The fourth-order valence-electron chi connectivity index (χ4n) is 5.58. The Bertz CT molecular complexity index is 482. The molecule has 0 amide bonds. The number of thiazole rings is 1. The molecule has 4 bridgehead atoms. The highest BCUT2D eigenvalue weighted by Crippen LogP contribution is 2.60. The Morgan fingerprint density at radius 3 is 2.35 bits per heavy atom. The van der Waals surface area contributed by atoms with Crippen molar-refractivity contribution in [2.24, 2.45) is 17.8 Å². The monoisotopic (exact) mass is 288 g/mol. The van der Waals surface area contributed by atoms with Gasteiger partial charge in [0, 0.05) is 23.4 Å². The Kier molecular flexibility index (Phi) is 2.61. The van der Waals surface area contributed by atoms with Gasteiger partial charge in [-0.1, -0.05) is 0 Å². The molecule has 2 nitrogen and oxygen atoms in total. The van der Waals surface area contributed by atoms with Crippen molar-refractivity contribution in [3.8, 4) is 0 Å². The predicted octanol–water partition coefficient (Wildman–Crippen LogP) is 3.86. The molecule has 1 N–H and O–H groups in total. The summed E-state index contributed by atoms with van der Waals surface area (Å²) < 4.78 is 0. The van der Waals surface area contributed by atoms with E-state index in [0.717, 1.165) is 30.3 Å². The fraction of sp³-hybridized carbons (Fsp3) is 0.824. The van der Waals surface area contributed by atoms with E-state index in [1.54, 1.807) is 0 Å². The molecule has 0 saturated heterocycles. The van der Waals surface area contributed by atoms with Crippen molar-refractivity contribution in [3.63, 3.8) is 0 Å². The number of hydrogen-bond donors (Lipinski definition) is 1. The molecule has 0 spiro atoms. The first-order valence-corrected chi connectivity index (χ1v) is 9.35. The number of rotatable bonds is 4.